The zero-order valence-electron chi connectivity index (χ0n) is 22.1. The number of hydrogen-bond donors (Lipinski definition) is 2. The lowest BCUT2D eigenvalue weighted by Crippen LogP contribution is -2.36. The van der Waals surface area contributed by atoms with Crippen LogP contribution in [0.4, 0.5) is 21.7 Å². The van der Waals surface area contributed by atoms with E-state index in [0.29, 0.717) is 35.8 Å². The van der Waals surface area contributed by atoms with E-state index >= 15 is 0 Å². The molecule has 0 spiro atoms. The third kappa shape index (κ3) is 5.26. The van der Waals surface area contributed by atoms with Crippen LogP contribution in [-0.4, -0.2) is 56.4 Å². The summed E-state index contributed by atoms with van der Waals surface area (Å²) in [5.41, 5.74) is 11.2. The predicted octanol–water partition coefficient (Wildman–Crippen LogP) is 4.45. The lowest BCUT2D eigenvalue weighted by atomic mass is 10.1. The van der Waals surface area contributed by atoms with Gasteiger partial charge in [0.05, 0.1) is 31.4 Å². The SMILES string of the molecule is COc1ncc(-c2ccc3nc(N)n(-c4ccc(N5CCOCC5)cc4)c3c2)cc1S(=O)(=O)Nc1ccc(F)cc1. The highest BCUT2D eigenvalue weighted by atomic mass is 32.2. The van der Waals surface area contributed by atoms with Gasteiger partial charge >= 0.3 is 0 Å². The standard InChI is InChI=1S/C29H27FN6O4S/c1-39-28-27(41(37,38)34-22-5-3-21(30)4-6-22)17-20(18-32-28)19-2-11-25-26(16-19)36(29(31)33-25)24-9-7-23(8-10-24)35-12-14-40-15-13-35/h2-11,16-18,34H,12-15H2,1H3,(H2,31,33). The number of sulfonamides is 1. The molecule has 3 aromatic carbocycles. The van der Waals surface area contributed by atoms with Crippen LogP contribution in [-0.2, 0) is 14.8 Å². The van der Waals surface area contributed by atoms with Gasteiger partial charge < -0.3 is 20.1 Å². The van der Waals surface area contributed by atoms with Crippen molar-refractivity contribution in [3.05, 3.63) is 84.8 Å². The number of fused-ring (bicyclic) bond motifs is 1. The predicted molar refractivity (Wildman–Crippen MR) is 156 cm³/mol. The first-order chi connectivity index (χ1) is 19.8. The Hall–Kier alpha value is -4.68. The number of aromatic nitrogens is 3. The summed E-state index contributed by atoms with van der Waals surface area (Å²) in [5, 5.41) is 0. The molecule has 3 N–H and O–H groups in total. The molecule has 0 aliphatic carbocycles. The molecular weight excluding hydrogens is 547 g/mol. The molecule has 12 heteroatoms. The summed E-state index contributed by atoms with van der Waals surface area (Å²) in [6, 6.07) is 20.1. The zero-order chi connectivity index (χ0) is 28.6. The van der Waals surface area contributed by atoms with E-state index in [1.165, 1.54) is 43.6 Å². The Morgan fingerprint density at radius 3 is 2.37 bits per heavy atom. The maximum atomic E-state index is 13.3. The number of nitrogen functional groups attached to an aromatic ring is 1. The lowest BCUT2D eigenvalue weighted by Gasteiger charge is -2.29. The van der Waals surface area contributed by atoms with E-state index in [9.17, 15) is 12.8 Å². The maximum Gasteiger partial charge on any atom is 0.267 e. The van der Waals surface area contributed by atoms with Gasteiger partial charge in [0.2, 0.25) is 11.8 Å². The second-order valence-corrected chi connectivity index (χ2v) is 11.1. The zero-order valence-corrected chi connectivity index (χ0v) is 22.9. The number of nitrogens with two attached hydrogens (primary N) is 1. The summed E-state index contributed by atoms with van der Waals surface area (Å²) in [7, 11) is -2.77. The quantitative estimate of drug-likeness (QED) is 0.292. The maximum absolute atomic E-state index is 13.3. The first kappa shape index (κ1) is 26.5. The average Bonchev–Trinajstić information content (AvgIpc) is 3.33. The van der Waals surface area contributed by atoms with Crippen molar-refractivity contribution in [3.63, 3.8) is 0 Å². The van der Waals surface area contributed by atoms with Crippen LogP contribution >= 0.6 is 0 Å². The number of pyridine rings is 1. The Bertz CT molecular complexity index is 1820. The minimum Gasteiger partial charge on any atom is -0.480 e. The van der Waals surface area contributed by atoms with Crippen LogP contribution in [0.15, 0.2) is 83.9 Å². The molecule has 5 aromatic rings. The summed E-state index contributed by atoms with van der Waals surface area (Å²) in [5.74, 6) is -0.215. The number of hydrogen-bond acceptors (Lipinski definition) is 8. The molecule has 0 bridgehead atoms. The van der Waals surface area contributed by atoms with Gasteiger partial charge in [0.25, 0.3) is 10.0 Å². The number of morpholine rings is 1. The van der Waals surface area contributed by atoms with Crippen LogP contribution in [0, 0.1) is 5.82 Å². The van der Waals surface area contributed by atoms with E-state index in [1.807, 2.05) is 34.9 Å². The molecule has 210 valence electrons. The van der Waals surface area contributed by atoms with E-state index in [1.54, 1.807) is 0 Å². The van der Waals surface area contributed by atoms with Crippen molar-refractivity contribution in [2.24, 2.45) is 0 Å². The highest BCUT2D eigenvalue weighted by molar-refractivity contribution is 7.92. The summed E-state index contributed by atoms with van der Waals surface area (Å²) < 4.78 is 54.9. The second-order valence-electron chi connectivity index (χ2n) is 9.47. The van der Waals surface area contributed by atoms with E-state index in [0.717, 1.165) is 30.0 Å². The van der Waals surface area contributed by atoms with Crippen LogP contribution < -0.4 is 20.1 Å². The minimum atomic E-state index is -4.11. The Balaban J connectivity index is 1.36. The van der Waals surface area contributed by atoms with E-state index in [4.69, 9.17) is 15.2 Å². The summed E-state index contributed by atoms with van der Waals surface area (Å²) in [4.78, 5) is 10.9. The van der Waals surface area contributed by atoms with Crippen molar-refractivity contribution in [3.8, 4) is 22.7 Å². The van der Waals surface area contributed by atoms with Gasteiger partial charge in [-0.2, -0.15) is 0 Å². The fourth-order valence-corrected chi connectivity index (χ4v) is 6.05. The molecule has 1 saturated heterocycles. The molecule has 1 aliphatic rings. The fraction of sp³-hybridized carbons (Fsp3) is 0.172. The molecule has 2 aromatic heterocycles. The molecule has 1 fully saturated rings. The van der Waals surface area contributed by atoms with Gasteiger partial charge in [-0.25, -0.2) is 22.8 Å². The van der Waals surface area contributed by atoms with Gasteiger partial charge in [0.1, 0.15) is 10.7 Å². The Labute approximate surface area is 236 Å². The summed E-state index contributed by atoms with van der Waals surface area (Å²) in [6.45, 7) is 3.09. The third-order valence-electron chi connectivity index (χ3n) is 6.90. The highest BCUT2D eigenvalue weighted by Gasteiger charge is 2.23. The van der Waals surface area contributed by atoms with Gasteiger partial charge in [-0.15, -0.1) is 0 Å². The average molecular weight is 575 g/mol. The van der Waals surface area contributed by atoms with E-state index in [-0.39, 0.29) is 16.5 Å². The van der Waals surface area contributed by atoms with Gasteiger partial charge in [0.15, 0.2) is 0 Å². The topological polar surface area (TPSA) is 125 Å². The Morgan fingerprint density at radius 2 is 1.66 bits per heavy atom. The van der Waals surface area contributed by atoms with Crippen LogP contribution in [0.1, 0.15) is 0 Å². The number of nitrogens with zero attached hydrogens (tertiary/aromatic N) is 4. The summed E-state index contributed by atoms with van der Waals surface area (Å²) >= 11 is 0. The van der Waals surface area contributed by atoms with Crippen molar-refractivity contribution in [2.45, 2.75) is 4.90 Å². The van der Waals surface area contributed by atoms with Crippen molar-refractivity contribution in [2.75, 3.05) is 48.8 Å². The number of anilines is 3. The number of ether oxygens (including phenoxy) is 2. The number of halogens is 1. The number of nitrogens with one attached hydrogen (secondary N) is 1. The van der Waals surface area contributed by atoms with Crippen molar-refractivity contribution >= 4 is 38.4 Å². The van der Waals surface area contributed by atoms with Crippen LogP contribution in [0.3, 0.4) is 0 Å². The number of rotatable bonds is 7. The van der Waals surface area contributed by atoms with E-state index in [2.05, 4.69) is 31.7 Å². The van der Waals surface area contributed by atoms with Gasteiger partial charge in [-0.1, -0.05) is 6.07 Å². The highest BCUT2D eigenvalue weighted by Crippen LogP contribution is 2.32. The number of methoxy groups -OCH3 is 1. The number of imidazole rings is 1. The molecule has 10 nitrogen and oxygen atoms in total. The third-order valence-corrected chi connectivity index (χ3v) is 8.27. The monoisotopic (exact) mass is 574 g/mol. The molecule has 0 radical (unpaired) electrons. The minimum absolute atomic E-state index is 0.0703. The van der Waals surface area contributed by atoms with Gasteiger partial charge in [-0.05, 0) is 72.3 Å². The first-order valence-electron chi connectivity index (χ1n) is 12.9. The molecule has 6 rings (SSSR count). The largest absolute Gasteiger partial charge is 0.480 e. The van der Waals surface area contributed by atoms with E-state index < -0.39 is 15.8 Å². The first-order valence-corrected chi connectivity index (χ1v) is 14.3. The smallest absolute Gasteiger partial charge is 0.267 e. The van der Waals surface area contributed by atoms with Crippen LogP contribution in [0.25, 0.3) is 27.8 Å². The van der Waals surface area contributed by atoms with Gasteiger partial charge in [0, 0.05) is 41.9 Å². The molecule has 3 heterocycles. The Kier molecular flexibility index (Phi) is 6.93. The molecule has 0 amide bonds. The van der Waals surface area contributed by atoms with Crippen molar-refractivity contribution < 1.29 is 22.3 Å². The Morgan fingerprint density at radius 1 is 0.951 bits per heavy atom. The molecule has 1 aliphatic heterocycles. The second kappa shape index (κ2) is 10.7. The van der Waals surface area contributed by atoms with Crippen LogP contribution in [0.2, 0.25) is 0 Å². The van der Waals surface area contributed by atoms with Crippen molar-refractivity contribution in [1.82, 2.24) is 14.5 Å². The lowest BCUT2D eigenvalue weighted by molar-refractivity contribution is 0.122. The summed E-state index contributed by atoms with van der Waals surface area (Å²) in [6.07, 6.45) is 1.54. The molecule has 0 unspecified atom stereocenters. The normalized spacial score (nSPS) is 13.9. The van der Waals surface area contributed by atoms with Crippen molar-refractivity contribution in [1.29, 1.82) is 0 Å². The molecule has 41 heavy (non-hydrogen) atoms. The van der Waals surface area contributed by atoms with Crippen LogP contribution in [0.5, 0.6) is 5.88 Å². The molecular formula is C29H27FN6O4S. The fourth-order valence-electron chi connectivity index (χ4n) is 4.84. The number of benzene rings is 3. The molecule has 0 atom stereocenters. The molecule has 0 saturated carbocycles. The van der Waals surface area contributed by atoms with Gasteiger partial charge in [-0.3, -0.25) is 9.29 Å².